The molecule has 0 fully saturated rings. The van der Waals surface area contributed by atoms with Gasteiger partial charge in [0, 0.05) is 20.1 Å². The van der Waals surface area contributed by atoms with Gasteiger partial charge in [0.15, 0.2) is 6.61 Å². The Labute approximate surface area is 118 Å². The van der Waals surface area contributed by atoms with E-state index in [1.54, 1.807) is 24.1 Å². The standard InChI is InChI=1S/C14H21N3O3/c1-3-17(2)14(19)9-16-8-11-4-6-12(7-5-11)20-10-13(15)18/h4-7,16H,3,8-10H2,1-2H3,(H2,15,18). The largest absolute Gasteiger partial charge is 0.484 e. The van der Waals surface area contributed by atoms with Crippen LogP contribution in [0.1, 0.15) is 12.5 Å². The van der Waals surface area contributed by atoms with Gasteiger partial charge in [-0.25, -0.2) is 0 Å². The average molecular weight is 279 g/mol. The molecule has 0 saturated heterocycles. The topological polar surface area (TPSA) is 84.7 Å². The number of nitrogens with zero attached hydrogens (tertiary/aromatic N) is 1. The summed E-state index contributed by atoms with van der Waals surface area (Å²) in [6.07, 6.45) is 0. The Morgan fingerprint density at radius 1 is 1.30 bits per heavy atom. The van der Waals surface area contributed by atoms with Crippen LogP contribution in [0.25, 0.3) is 0 Å². The van der Waals surface area contributed by atoms with Gasteiger partial charge in [0.2, 0.25) is 5.91 Å². The number of ether oxygens (including phenoxy) is 1. The van der Waals surface area contributed by atoms with Gasteiger partial charge in [-0.15, -0.1) is 0 Å². The number of nitrogens with two attached hydrogens (primary N) is 1. The van der Waals surface area contributed by atoms with Crippen molar-refractivity contribution in [2.24, 2.45) is 5.73 Å². The van der Waals surface area contributed by atoms with Crippen molar-refractivity contribution >= 4 is 11.8 Å². The van der Waals surface area contributed by atoms with E-state index in [4.69, 9.17) is 10.5 Å². The van der Waals surface area contributed by atoms with Crippen LogP contribution in [0.15, 0.2) is 24.3 Å². The summed E-state index contributed by atoms with van der Waals surface area (Å²) in [4.78, 5) is 23.8. The van der Waals surface area contributed by atoms with Gasteiger partial charge in [-0.05, 0) is 24.6 Å². The van der Waals surface area contributed by atoms with E-state index in [1.807, 2.05) is 19.1 Å². The van der Waals surface area contributed by atoms with E-state index in [0.29, 0.717) is 25.4 Å². The van der Waals surface area contributed by atoms with Gasteiger partial charge in [-0.3, -0.25) is 9.59 Å². The molecule has 110 valence electrons. The number of amides is 2. The predicted octanol–water partition coefficient (Wildman–Crippen LogP) is 0.119. The van der Waals surface area contributed by atoms with Crippen LogP contribution < -0.4 is 15.8 Å². The molecule has 20 heavy (non-hydrogen) atoms. The zero-order chi connectivity index (χ0) is 15.0. The molecule has 0 aliphatic carbocycles. The lowest BCUT2D eigenvalue weighted by Gasteiger charge is -2.14. The van der Waals surface area contributed by atoms with Crippen molar-refractivity contribution in [1.29, 1.82) is 0 Å². The van der Waals surface area contributed by atoms with Crippen molar-refractivity contribution in [3.63, 3.8) is 0 Å². The molecule has 0 radical (unpaired) electrons. The Bertz CT molecular complexity index is 445. The van der Waals surface area contributed by atoms with Gasteiger partial charge < -0.3 is 20.7 Å². The highest BCUT2D eigenvalue weighted by Gasteiger charge is 2.05. The summed E-state index contributed by atoms with van der Waals surface area (Å²) >= 11 is 0. The van der Waals surface area contributed by atoms with Gasteiger partial charge in [0.1, 0.15) is 5.75 Å². The first-order valence-electron chi connectivity index (χ1n) is 6.47. The average Bonchev–Trinajstić information content (AvgIpc) is 2.45. The van der Waals surface area contributed by atoms with E-state index in [-0.39, 0.29) is 12.5 Å². The van der Waals surface area contributed by atoms with Crippen LogP contribution in [0.2, 0.25) is 0 Å². The molecule has 0 heterocycles. The van der Waals surface area contributed by atoms with Crippen molar-refractivity contribution in [1.82, 2.24) is 10.2 Å². The molecule has 0 aromatic heterocycles. The first-order valence-corrected chi connectivity index (χ1v) is 6.47. The van der Waals surface area contributed by atoms with Crippen LogP contribution in [0.4, 0.5) is 0 Å². The number of benzene rings is 1. The molecule has 0 aliphatic rings. The molecule has 0 unspecified atom stereocenters. The third kappa shape index (κ3) is 5.71. The van der Waals surface area contributed by atoms with Gasteiger partial charge in [0.05, 0.1) is 6.54 Å². The van der Waals surface area contributed by atoms with Crippen molar-refractivity contribution in [2.45, 2.75) is 13.5 Å². The number of carbonyl (C=O) groups excluding carboxylic acids is 2. The maximum absolute atomic E-state index is 11.6. The van der Waals surface area contributed by atoms with E-state index in [1.165, 1.54) is 0 Å². The fourth-order valence-electron chi connectivity index (χ4n) is 1.48. The van der Waals surface area contributed by atoms with Gasteiger partial charge in [-0.1, -0.05) is 12.1 Å². The van der Waals surface area contributed by atoms with E-state index >= 15 is 0 Å². The van der Waals surface area contributed by atoms with Crippen molar-refractivity contribution in [2.75, 3.05) is 26.7 Å². The molecule has 0 aliphatic heterocycles. The minimum Gasteiger partial charge on any atom is -0.484 e. The summed E-state index contributed by atoms with van der Waals surface area (Å²) in [7, 11) is 1.77. The lowest BCUT2D eigenvalue weighted by Crippen LogP contribution is -2.35. The Kier molecular flexibility index (Phi) is 6.52. The monoisotopic (exact) mass is 279 g/mol. The fraction of sp³-hybridized carbons (Fsp3) is 0.429. The molecular formula is C14H21N3O3. The van der Waals surface area contributed by atoms with Gasteiger partial charge >= 0.3 is 0 Å². The summed E-state index contributed by atoms with van der Waals surface area (Å²) in [5.74, 6) is 0.151. The summed E-state index contributed by atoms with van der Waals surface area (Å²) in [5.41, 5.74) is 6.02. The van der Waals surface area contributed by atoms with Gasteiger partial charge in [-0.2, -0.15) is 0 Å². The number of hydrogen-bond acceptors (Lipinski definition) is 4. The lowest BCUT2D eigenvalue weighted by molar-refractivity contribution is -0.128. The summed E-state index contributed by atoms with van der Waals surface area (Å²) in [6.45, 7) is 3.41. The summed E-state index contributed by atoms with van der Waals surface area (Å²) < 4.78 is 5.16. The molecule has 1 aromatic rings. The van der Waals surface area contributed by atoms with Gasteiger partial charge in [0.25, 0.3) is 5.91 Å². The minimum absolute atomic E-state index is 0.0638. The summed E-state index contributed by atoms with van der Waals surface area (Å²) in [5, 5.41) is 3.08. The minimum atomic E-state index is -0.505. The van der Waals surface area contributed by atoms with Crippen molar-refractivity contribution < 1.29 is 14.3 Å². The van der Waals surface area contributed by atoms with Crippen LogP contribution >= 0.6 is 0 Å². The maximum Gasteiger partial charge on any atom is 0.255 e. The molecule has 0 bridgehead atoms. The second-order valence-electron chi connectivity index (χ2n) is 4.41. The normalized spacial score (nSPS) is 10.1. The molecule has 2 amide bonds. The first kappa shape index (κ1) is 16.0. The third-order valence-electron chi connectivity index (χ3n) is 2.81. The van der Waals surface area contributed by atoms with Crippen LogP contribution in [0.5, 0.6) is 5.75 Å². The second kappa shape index (κ2) is 8.16. The summed E-state index contributed by atoms with van der Waals surface area (Å²) in [6, 6.07) is 7.27. The van der Waals surface area contributed by atoms with E-state index in [2.05, 4.69) is 5.32 Å². The maximum atomic E-state index is 11.6. The Balaban J connectivity index is 2.34. The molecule has 6 nitrogen and oxygen atoms in total. The van der Waals surface area contributed by atoms with E-state index in [9.17, 15) is 9.59 Å². The van der Waals surface area contributed by atoms with Crippen molar-refractivity contribution in [3.05, 3.63) is 29.8 Å². The molecule has 1 rings (SSSR count). The highest BCUT2D eigenvalue weighted by atomic mass is 16.5. The number of rotatable bonds is 8. The van der Waals surface area contributed by atoms with E-state index < -0.39 is 5.91 Å². The van der Waals surface area contributed by atoms with Crippen LogP contribution in [0.3, 0.4) is 0 Å². The molecule has 0 atom stereocenters. The highest BCUT2D eigenvalue weighted by molar-refractivity contribution is 5.77. The van der Waals surface area contributed by atoms with E-state index in [0.717, 1.165) is 5.56 Å². The number of nitrogens with one attached hydrogen (secondary N) is 1. The van der Waals surface area contributed by atoms with Crippen LogP contribution in [-0.4, -0.2) is 43.5 Å². The predicted molar refractivity (Wildman–Crippen MR) is 76.1 cm³/mol. The third-order valence-corrected chi connectivity index (χ3v) is 2.81. The number of likely N-dealkylation sites (N-methyl/N-ethyl adjacent to an activating group) is 1. The zero-order valence-corrected chi connectivity index (χ0v) is 11.9. The number of hydrogen-bond donors (Lipinski definition) is 2. The Morgan fingerprint density at radius 3 is 2.50 bits per heavy atom. The molecule has 6 heteroatoms. The Morgan fingerprint density at radius 2 is 1.95 bits per heavy atom. The van der Waals surface area contributed by atoms with Crippen LogP contribution in [-0.2, 0) is 16.1 Å². The highest BCUT2D eigenvalue weighted by Crippen LogP contribution is 2.11. The zero-order valence-electron chi connectivity index (χ0n) is 11.9. The Hall–Kier alpha value is -2.08. The lowest BCUT2D eigenvalue weighted by atomic mass is 10.2. The quantitative estimate of drug-likeness (QED) is 0.708. The number of primary amides is 1. The fourth-order valence-corrected chi connectivity index (χ4v) is 1.48. The van der Waals surface area contributed by atoms with Crippen LogP contribution in [0, 0.1) is 0 Å². The molecule has 3 N–H and O–H groups in total. The molecular weight excluding hydrogens is 258 g/mol. The molecule has 1 aromatic carbocycles. The van der Waals surface area contributed by atoms with Crippen molar-refractivity contribution in [3.8, 4) is 5.75 Å². The number of carbonyl (C=O) groups is 2. The first-order chi connectivity index (χ1) is 9.52. The second-order valence-corrected chi connectivity index (χ2v) is 4.41. The molecule has 0 saturated carbocycles. The smallest absolute Gasteiger partial charge is 0.255 e. The molecule has 0 spiro atoms. The SMILES string of the molecule is CCN(C)C(=O)CNCc1ccc(OCC(N)=O)cc1.